The molecule has 0 aliphatic carbocycles. The second kappa shape index (κ2) is 6.16. The van der Waals surface area contributed by atoms with Gasteiger partial charge in [-0.1, -0.05) is 12.1 Å². The quantitative estimate of drug-likeness (QED) is 0.663. The first-order valence-electron chi connectivity index (χ1n) is 5.30. The number of esters is 1. The first kappa shape index (κ1) is 11.7. The summed E-state index contributed by atoms with van der Waals surface area (Å²) in [7, 11) is 0. The highest BCUT2D eigenvalue weighted by Crippen LogP contribution is 2.03. The zero-order valence-corrected chi connectivity index (χ0v) is 9.27. The Balaban J connectivity index is 2.42. The molecule has 0 fully saturated rings. The SMILES string of the molecule is CCCn1nncc1CCC(=O)OCC. The molecule has 84 valence electrons. The van der Waals surface area contributed by atoms with E-state index in [4.69, 9.17) is 4.74 Å². The number of hydrogen-bond acceptors (Lipinski definition) is 4. The normalized spacial score (nSPS) is 10.3. The van der Waals surface area contributed by atoms with Crippen LogP contribution in [0.4, 0.5) is 0 Å². The Bertz CT molecular complexity index is 309. The molecule has 15 heavy (non-hydrogen) atoms. The van der Waals surface area contributed by atoms with E-state index in [-0.39, 0.29) is 5.97 Å². The number of hydrogen-bond donors (Lipinski definition) is 0. The highest BCUT2D eigenvalue weighted by molar-refractivity contribution is 5.69. The van der Waals surface area contributed by atoms with Crippen LogP contribution in [0.1, 0.15) is 32.4 Å². The van der Waals surface area contributed by atoms with E-state index in [0.29, 0.717) is 19.4 Å². The lowest BCUT2D eigenvalue weighted by Crippen LogP contribution is -2.09. The Labute approximate surface area is 89.4 Å². The van der Waals surface area contributed by atoms with Gasteiger partial charge in [-0.3, -0.25) is 4.79 Å². The van der Waals surface area contributed by atoms with E-state index in [2.05, 4.69) is 17.2 Å². The molecule has 0 aromatic carbocycles. The summed E-state index contributed by atoms with van der Waals surface area (Å²) < 4.78 is 6.68. The van der Waals surface area contributed by atoms with E-state index in [1.807, 2.05) is 4.68 Å². The van der Waals surface area contributed by atoms with Gasteiger partial charge < -0.3 is 4.74 Å². The monoisotopic (exact) mass is 211 g/mol. The number of carbonyl (C=O) groups is 1. The molecule has 0 atom stereocenters. The van der Waals surface area contributed by atoms with Gasteiger partial charge in [0.25, 0.3) is 0 Å². The molecule has 5 nitrogen and oxygen atoms in total. The number of carbonyl (C=O) groups excluding carboxylic acids is 1. The maximum Gasteiger partial charge on any atom is 0.306 e. The molecular weight excluding hydrogens is 194 g/mol. The van der Waals surface area contributed by atoms with Crippen LogP contribution in [0, 0.1) is 0 Å². The molecule has 0 bridgehead atoms. The molecule has 5 heteroatoms. The summed E-state index contributed by atoms with van der Waals surface area (Å²) >= 11 is 0. The standard InChI is InChI=1S/C10H17N3O2/c1-3-7-13-9(8-11-12-13)5-6-10(14)15-4-2/h8H,3-7H2,1-2H3. The van der Waals surface area contributed by atoms with Gasteiger partial charge in [0.2, 0.25) is 0 Å². The third-order valence-corrected chi connectivity index (χ3v) is 2.02. The third-order valence-electron chi connectivity index (χ3n) is 2.02. The van der Waals surface area contributed by atoms with Gasteiger partial charge in [-0.05, 0) is 13.3 Å². The van der Waals surface area contributed by atoms with E-state index < -0.39 is 0 Å². The smallest absolute Gasteiger partial charge is 0.306 e. The van der Waals surface area contributed by atoms with Gasteiger partial charge in [-0.15, -0.1) is 5.10 Å². The van der Waals surface area contributed by atoms with Crippen molar-refractivity contribution in [3.63, 3.8) is 0 Å². The van der Waals surface area contributed by atoms with Crippen molar-refractivity contribution >= 4 is 5.97 Å². The summed E-state index contributed by atoms with van der Waals surface area (Å²) in [6.45, 7) is 5.17. The van der Waals surface area contributed by atoms with E-state index >= 15 is 0 Å². The van der Waals surface area contributed by atoms with E-state index in [0.717, 1.165) is 18.7 Å². The van der Waals surface area contributed by atoms with Crippen LogP contribution in [-0.2, 0) is 22.5 Å². The van der Waals surface area contributed by atoms with Crippen molar-refractivity contribution in [3.8, 4) is 0 Å². The molecular formula is C10H17N3O2. The average molecular weight is 211 g/mol. The Hall–Kier alpha value is -1.39. The summed E-state index contributed by atoms with van der Waals surface area (Å²) in [4.78, 5) is 11.1. The van der Waals surface area contributed by atoms with Gasteiger partial charge in [0.1, 0.15) is 0 Å². The summed E-state index contributed by atoms with van der Waals surface area (Å²) in [6, 6.07) is 0. The van der Waals surface area contributed by atoms with Gasteiger partial charge in [0.05, 0.1) is 24.9 Å². The molecule has 0 aliphatic rings. The molecule has 0 N–H and O–H groups in total. The minimum Gasteiger partial charge on any atom is -0.466 e. The number of aromatic nitrogens is 3. The first-order valence-corrected chi connectivity index (χ1v) is 5.30. The summed E-state index contributed by atoms with van der Waals surface area (Å²) in [5, 5.41) is 7.77. The fourth-order valence-electron chi connectivity index (χ4n) is 1.34. The number of aryl methyl sites for hydroxylation is 2. The fourth-order valence-corrected chi connectivity index (χ4v) is 1.34. The maximum absolute atomic E-state index is 11.1. The van der Waals surface area contributed by atoms with Crippen LogP contribution < -0.4 is 0 Å². The number of rotatable bonds is 6. The van der Waals surface area contributed by atoms with E-state index in [9.17, 15) is 4.79 Å². The summed E-state index contributed by atoms with van der Waals surface area (Å²) in [6.07, 6.45) is 3.75. The van der Waals surface area contributed by atoms with Crippen LogP contribution in [0.15, 0.2) is 6.20 Å². The van der Waals surface area contributed by atoms with Crippen molar-refractivity contribution in [1.82, 2.24) is 15.0 Å². The van der Waals surface area contributed by atoms with Crippen LogP contribution in [-0.4, -0.2) is 27.6 Å². The highest BCUT2D eigenvalue weighted by atomic mass is 16.5. The van der Waals surface area contributed by atoms with Crippen LogP contribution in [0.3, 0.4) is 0 Å². The molecule has 0 spiro atoms. The van der Waals surface area contributed by atoms with Gasteiger partial charge in [-0.2, -0.15) is 0 Å². The van der Waals surface area contributed by atoms with Crippen molar-refractivity contribution in [2.24, 2.45) is 0 Å². The largest absolute Gasteiger partial charge is 0.466 e. The van der Waals surface area contributed by atoms with Gasteiger partial charge in [-0.25, -0.2) is 4.68 Å². The third kappa shape index (κ3) is 3.69. The van der Waals surface area contributed by atoms with Crippen molar-refractivity contribution < 1.29 is 9.53 Å². The van der Waals surface area contributed by atoms with E-state index in [1.54, 1.807) is 13.1 Å². The molecule has 1 aromatic rings. The minimum absolute atomic E-state index is 0.165. The van der Waals surface area contributed by atoms with Gasteiger partial charge >= 0.3 is 5.97 Å². The molecule has 0 unspecified atom stereocenters. The minimum atomic E-state index is -0.165. The molecule has 0 radical (unpaired) electrons. The van der Waals surface area contributed by atoms with Crippen LogP contribution >= 0.6 is 0 Å². The van der Waals surface area contributed by atoms with Crippen LogP contribution in [0.2, 0.25) is 0 Å². The Morgan fingerprint density at radius 1 is 1.53 bits per heavy atom. The van der Waals surface area contributed by atoms with Crippen LogP contribution in [0.5, 0.6) is 0 Å². The summed E-state index contributed by atoms with van der Waals surface area (Å²) in [5.74, 6) is -0.165. The van der Waals surface area contributed by atoms with Crippen molar-refractivity contribution in [2.45, 2.75) is 39.7 Å². The number of ether oxygens (including phenoxy) is 1. The van der Waals surface area contributed by atoms with Crippen molar-refractivity contribution in [2.75, 3.05) is 6.61 Å². The molecule has 1 rings (SSSR count). The molecule has 0 saturated heterocycles. The Morgan fingerprint density at radius 3 is 3.00 bits per heavy atom. The lowest BCUT2D eigenvalue weighted by Gasteiger charge is -2.04. The van der Waals surface area contributed by atoms with Gasteiger partial charge in [0.15, 0.2) is 0 Å². The molecule has 0 saturated carbocycles. The van der Waals surface area contributed by atoms with Crippen LogP contribution in [0.25, 0.3) is 0 Å². The van der Waals surface area contributed by atoms with Crippen molar-refractivity contribution in [1.29, 1.82) is 0 Å². The number of nitrogens with zero attached hydrogens (tertiary/aromatic N) is 3. The molecule has 1 heterocycles. The second-order valence-corrected chi connectivity index (χ2v) is 3.25. The highest BCUT2D eigenvalue weighted by Gasteiger charge is 2.07. The molecule has 0 amide bonds. The maximum atomic E-state index is 11.1. The predicted molar refractivity (Wildman–Crippen MR) is 55.3 cm³/mol. The fraction of sp³-hybridized carbons (Fsp3) is 0.700. The molecule has 0 aliphatic heterocycles. The Morgan fingerprint density at radius 2 is 2.33 bits per heavy atom. The second-order valence-electron chi connectivity index (χ2n) is 3.25. The summed E-state index contributed by atoms with van der Waals surface area (Å²) in [5.41, 5.74) is 0.991. The zero-order chi connectivity index (χ0) is 11.1. The lowest BCUT2D eigenvalue weighted by molar-refractivity contribution is -0.143. The lowest BCUT2D eigenvalue weighted by atomic mass is 10.2. The van der Waals surface area contributed by atoms with Gasteiger partial charge in [0, 0.05) is 13.0 Å². The Kier molecular flexibility index (Phi) is 4.80. The first-order chi connectivity index (χ1) is 7.27. The average Bonchev–Trinajstić information content (AvgIpc) is 2.64. The van der Waals surface area contributed by atoms with Crippen molar-refractivity contribution in [3.05, 3.63) is 11.9 Å². The predicted octanol–water partition coefficient (Wildman–Crippen LogP) is 1.18. The van der Waals surface area contributed by atoms with E-state index in [1.165, 1.54) is 0 Å². The topological polar surface area (TPSA) is 57.0 Å². The molecule has 1 aromatic heterocycles. The zero-order valence-electron chi connectivity index (χ0n) is 9.27.